The van der Waals surface area contributed by atoms with Gasteiger partial charge in [-0.15, -0.1) is 0 Å². The van der Waals surface area contributed by atoms with Gasteiger partial charge in [-0.05, 0) is 55.7 Å². The summed E-state index contributed by atoms with van der Waals surface area (Å²) in [5.74, 6) is 1.53. The molecule has 6 heteroatoms. The van der Waals surface area contributed by atoms with Crippen LogP contribution in [0.2, 0.25) is 5.02 Å². The zero-order valence-corrected chi connectivity index (χ0v) is 15.2. The van der Waals surface area contributed by atoms with Crippen LogP contribution in [0.1, 0.15) is 25.0 Å². The number of aliphatic imine (C=N–C) groups is 1. The van der Waals surface area contributed by atoms with Crippen molar-refractivity contribution < 1.29 is 4.74 Å². The molecule has 2 aromatic rings. The first kappa shape index (κ1) is 16.6. The molecule has 1 N–H and O–H groups in total. The fourth-order valence-electron chi connectivity index (χ4n) is 3.60. The molecule has 5 rings (SSSR count). The van der Waals surface area contributed by atoms with Crippen molar-refractivity contribution in [3.05, 3.63) is 35.0 Å². The van der Waals surface area contributed by atoms with Gasteiger partial charge in [-0.3, -0.25) is 10.2 Å². The minimum Gasteiger partial charge on any atom is -0.449 e. The van der Waals surface area contributed by atoms with E-state index in [4.69, 9.17) is 16.3 Å². The van der Waals surface area contributed by atoms with Crippen LogP contribution in [-0.2, 0) is 4.74 Å². The molecular weight excluding hydrogens is 336 g/mol. The zero-order valence-electron chi connectivity index (χ0n) is 14.5. The lowest BCUT2D eigenvalue weighted by Crippen LogP contribution is -2.38. The molecule has 25 heavy (non-hydrogen) atoms. The highest BCUT2D eigenvalue weighted by Crippen LogP contribution is 2.25. The number of nitrogens with one attached hydrogen (secondary N) is 1. The smallest absolute Gasteiger partial charge is 0.291 e. The van der Waals surface area contributed by atoms with Crippen LogP contribution in [0.4, 0.5) is 5.82 Å². The summed E-state index contributed by atoms with van der Waals surface area (Å²) in [4.78, 5) is 11.6. The molecule has 0 amide bonds. The molecular formula is C19H23ClN4O. The number of hydrogen-bond acceptors (Lipinski definition) is 5. The number of pyridine rings is 1. The summed E-state index contributed by atoms with van der Waals surface area (Å²) < 4.78 is 5.92. The SMILES string of the molecule is Cc1nc(NC2=NCCC3CCN(CC3)CO2)cc2cc(Cl)ccc12. The molecule has 0 atom stereocenters. The fraction of sp³-hybridized carbons (Fsp3) is 0.474. The van der Waals surface area contributed by atoms with E-state index in [-0.39, 0.29) is 0 Å². The van der Waals surface area contributed by atoms with Crippen LogP contribution >= 0.6 is 11.6 Å². The predicted octanol–water partition coefficient (Wildman–Crippen LogP) is 4.05. The third-order valence-corrected chi connectivity index (χ3v) is 5.34. The van der Waals surface area contributed by atoms with Crippen molar-refractivity contribution in [2.45, 2.75) is 26.2 Å². The van der Waals surface area contributed by atoms with Crippen molar-refractivity contribution >= 4 is 34.2 Å². The fourth-order valence-corrected chi connectivity index (χ4v) is 3.78. The summed E-state index contributed by atoms with van der Waals surface area (Å²) in [5, 5.41) is 6.14. The van der Waals surface area contributed by atoms with E-state index in [9.17, 15) is 0 Å². The highest BCUT2D eigenvalue weighted by Gasteiger charge is 2.21. The van der Waals surface area contributed by atoms with Gasteiger partial charge >= 0.3 is 0 Å². The number of rotatable bonds is 1. The molecule has 4 heterocycles. The number of amidine groups is 1. The van der Waals surface area contributed by atoms with E-state index in [0.29, 0.717) is 12.8 Å². The Morgan fingerprint density at radius 1 is 1.20 bits per heavy atom. The number of aromatic nitrogens is 1. The van der Waals surface area contributed by atoms with E-state index in [0.717, 1.165) is 59.3 Å². The third kappa shape index (κ3) is 3.88. The van der Waals surface area contributed by atoms with Crippen molar-refractivity contribution in [2.24, 2.45) is 10.9 Å². The summed E-state index contributed by atoms with van der Waals surface area (Å²) >= 11 is 6.13. The highest BCUT2D eigenvalue weighted by atomic mass is 35.5. The molecule has 5 nitrogen and oxygen atoms in total. The molecule has 1 saturated heterocycles. The molecule has 0 saturated carbocycles. The molecule has 1 fully saturated rings. The molecule has 1 aromatic heterocycles. The first-order chi connectivity index (χ1) is 12.2. The van der Waals surface area contributed by atoms with Gasteiger partial charge in [-0.25, -0.2) is 9.98 Å². The van der Waals surface area contributed by atoms with Gasteiger partial charge in [0.2, 0.25) is 0 Å². The van der Waals surface area contributed by atoms with Gasteiger partial charge < -0.3 is 4.74 Å². The normalized spacial score (nSPS) is 23.8. The minimum atomic E-state index is 0.556. The van der Waals surface area contributed by atoms with E-state index < -0.39 is 0 Å². The first-order valence-corrected chi connectivity index (χ1v) is 9.29. The van der Waals surface area contributed by atoms with Gasteiger partial charge in [0.15, 0.2) is 0 Å². The third-order valence-electron chi connectivity index (χ3n) is 5.10. The number of benzene rings is 1. The Morgan fingerprint density at radius 3 is 2.88 bits per heavy atom. The monoisotopic (exact) mass is 358 g/mol. The number of nitrogens with zero attached hydrogens (tertiary/aromatic N) is 3. The molecule has 3 aliphatic heterocycles. The second-order valence-corrected chi connectivity index (χ2v) is 7.33. The largest absolute Gasteiger partial charge is 0.449 e. The molecule has 132 valence electrons. The molecule has 0 aliphatic carbocycles. The van der Waals surface area contributed by atoms with Gasteiger partial charge in [-0.1, -0.05) is 17.7 Å². The van der Waals surface area contributed by atoms with E-state index in [1.54, 1.807) is 0 Å². The number of aryl methyl sites for hydroxylation is 1. The van der Waals surface area contributed by atoms with E-state index >= 15 is 0 Å². The maximum Gasteiger partial charge on any atom is 0.291 e. The van der Waals surface area contributed by atoms with Crippen LogP contribution in [0, 0.1) is 12.8 Å². The Hall–Kier alpha value is -1.85. The second kappa shape index (κ2) is 7.18. The molecule has 1 aromatic carbocycles. The van der Waals surface area contributed by atoms with Gasteiger partial charge in [0.05, 0.1) is 0 Å². The van der Waals surface area contributed by atoms with Gasteiger partial charge in [-0.2, -0.15) is 0 Å². The quantitative estimate of drug-likeness (QED) is 0.835. The summed E-state index contributed by atoms with van der Waals surface area (Å²) in [6.45, 7) is 5.61. The van der Waals surface area contributed by atoms with Crippen LogP contribution in [0.15, 0.2) is 29.3 Å². The van der Waals surface area contributed by atoms with Gasteiger partial charge in [0.1, 0.15) is 12.5 Å². The summed E-state index contributed by atoms with van der Waals surface area (Å²) in [6.07, 6.45) is 3.64. The van der Waals surface area contributed by atoms with Crippen molar-refractivity contribution in [1.82, 2.24) is 9.88 Å². The standard InChI is InChI=1S/C19H23ClN4O/c1-13-17-3-2-16(20)10-15(17)11-18(22-13)23-19-21-7-4-14-5-8-24(9-6-14)12-25-19/h2-3,10-11,14H,4-9,12H2,1H3,(H,21,22,23). The average Bonchev–Trinajstić information content (AvgIpc) is 2.61. The topological polar surface area (TPSA) is 49.8 Å². The maximum atomic E-state index is 6.13. The van der Waals surface area contributed by atoms with Gasteiger partial charge in [0.25, 0.3) is 6.02 Å². The number of anilines is 1. The van der Waals surface area contributed by atoms with E-state index in [2.05, 4.69) is 20.2 Å². The molecule has 0 spiro atoms. The van der Waals surface area contributed by atoms with Crippen LogP contribution in [-0.4, -0.2) is 42.3 Å². The molecule has 0 radical (unpaired) electrons. The summed E-state index contributed by atoms with van der Waals surface area (Å²) in [6, 6.07) is 8.40. The maximum absolute atomic E-state index is 6.13. The van der Waals surface area contributed by atoms with Crippen LogP contribution < -0.4 is 5.32 Å². The number of ether oxygens (including phenoxy) is 1. The molecule has 2 bridgehead atoms. The second-order valence-electron chi connectivity index (χ2n) is 6.89. The molecule has 0 unspecified atom stereocenters. The Balaban J connectivity index is 1.56. The Labute approximate surface area is 153 Å². The summed E-state index contributed by atoms with van der Waals surface area (Å²) in [5.41, 5.74) is 0.958. The van der Waals surface area contributed by atoms with Crippen LogP contribution in [0.5, 0.6) is 0 Å². The lowest BCUT2D eigenvalue weighted by molar-refractivity contribution is 0.0761. The lowest BCUT2D eigenvalue weighted by atomic mass is 9.94. The number of halogens is 1. The van der Waals surface area contributed by atoms with Crippen molar-refractivity contribution in [2.75, 3.05) is 31.7 Å². The van der Waals surface area contributed by atoms with Crippen LogP contribution in [0.3, 0.4) is 0 Å². The van der Waals surface area contributed by atoms with Gasteiger partial charge in [0, 0.05) is 35.7 Å². The Bertz CT molecular complexity index is 799. The van der Waals surface area contributed by atoms with E-state index in [1.807, 2.05) is 31.2 Å². The minimum absolute atomic E-state index is 0.556. The van der Waals surface area contributed by atoms with Crippen molar-refractivity contribution in [3.63, 3.8) is 0 Å². The number of piperidine rings is 1. The summed E-state index contributed by atoms with van der Waals surface area (Å²) in [7, 11) is 0. The highest BCUT2D eigenvalue weighted by molar-refractivity contribution is 6.31. The Morgan fingerprint density at radius 2 is 2.04 bits per heavy atom. The van der Waals surface area contributed by atoms with Crippen molar-refractivity contribution in [3.8, 4) is 0 Å². The van der Waals surface area contributed by atoms with E-state index in [1.165, 1.54) is 12.8 Å². The Kier molecular flexibility index (Phi) is 4.77. The van der Waals surface area contributed by atoms with Crippen molar-refractivity contribution in [1.29, 1.82) is 0 Å². The predicted molar refractivity (Wildman–Crippen MR) is 102 cm³/mol. The first-order valence-electron chi connectivity index (χ1n) is 8.91. The zero-order chi connectivity index (χ0) is 17.2. The molecule has 3 aliphatic rings. The lowest BCUT2D eigenvalue weighted by Gasteiger charge is -2.32. The number of hydrogen-bond donors (Lipinski definition) is 1. The average molecular weight is 359 g/mol. The number of fused-ring (bicyclic) bond motifs is 7. The van der Waals surface area contributed by atoms with Crippen LogP contribution in [0.25, 0.3) is 10.8 Å².